The number of imidazole rings is 1. The number of nitrogens with zero attached hydrogens (tertiary/aromatic N) is 5. The molecule has 5 heteroatoms. The first-order valence-electron chi connectivity index (χ1n) is 18.5. The predicted octanol–water partition coefficient (Wildman–Crippen LogP) is 12.2. The summed E-state index contributed by atoms with van der Waals surface area (Å²) in [5, 5.41) is 8.04. The molecule has 0 saturated heterocycles. The molecule has 8 aromatic rings. The SMILES string of the molecule is CC(C)c1cccc(C(C)C)c1-c1c(-c2ccccc2)nn(-c2ccc3c4ccccc4n(-c4cccc(-c5nccn5C)c4)c3c2)c1C(C)(C)C. The largest absolute Gasteiger partial charge is 0.334 e. The zero-order chi connectivity index (χ0) is 36.3. The molecule has 8 rings (SSSR count). The first kappa shape index (κ1) is 33.5. The van der Waals surface area contributed by atoms with Gasteiger partial charge in [0.05, 0.1) is 22.4 Å². The summed E-state index contributed by atoms with van der Waals surface area (Å²) in [6.07, 6.45) is 3.85. The molecule has 0 saturated carbocycles. The average molecular weight is 682 g/mol. The number of benzene rings is 5. The number of aromatic nitrogens is 5. The van der Waals surface area contributed by atoms with E-state index < -0.39 is 0 Å². The van der Waals surface area contributed by atoms with Gasteiger partial charge in [-0.3, -0.25) is 0 Å². The molecule has 5 nitrogen and oxygen atoms in total. The summed E-state index contributed by atoms with van der Waals surface area (Å²) in [6.45, 7) is 16.2. The highest BCUT2D eigenvalue weighted by Crippen LogP contribution is 2.47. The van der Waals surface area contributed by atoms with Crippen molar-refractivity contribution in [2.24, 2.45) is 7.05 Å². The van der Waals surface area contributed by atoms with Crippen LogP contribution >= 0.6 is 0 Å². The summed E-state index contributed by atoms with van der Waals surface area (Å²) in [6, 6.07) is 41.9. The zero-order valence-electron chi connectivity index (χ0n) is 31.5. The molecule has 0 aliphatic rings. The van der Waals surface area contributed by atoms with Crippen LogP contribution in [0.2, 0.25) is 0 Å². The summed E-state index contributed by atoms with van der Waals surface area (Å²) in [5.41, 5.74) is 13.9. The summed E-state index contributed by atoms with van der Waals surface area (Å²) in [5.74, 6) is 1.64. The fourth-order valence-corrected chi connectivity index (χ4v) is 7.97. The lowest BCUT2D eigenvalue weighted by Crippen LogP contribution is -2.19. The van der Waals surface area contributed by atoms with Gasteiger partial charge in [0.1, 0.15) is 11.5 Å². The van der Waals surface area contributed by atoms with Crippen molar-refractivity contribution in [1.29, 1.82) is 0 Å². The van der Waals surface area contributed by atoms with Crippen LogP contribution < -0.4 is 0 Å². The topological polar surface area (TPSA) is 40.6 Å². The molecule has 0 atom stereocenters. The van der Waals surface area contributed by atoms with Crippen molar-refractivity contribution in [3.8, 4) is 45.1 Å². The minimum atomic E-state index is -0.230. The number of hydrogen-bond donors (Lipinski definition) is 0. The Kier molecular flexibility index (Phi) is 8.25. The smallest absolute Gasteiger partial charge is 0.139 e. The summed E-state index contributed by atoms with van der Waals surface area (Å²) < 4.78 is 6.70. The van der Waals surface area contributed by atoms with Gasteiger partial charge in [-0.15, -0.1) is 0 Å². The standard InChI is InChI=1S/C47H47N5/c1-30(2)36-21-15-22-37(31(3)4)42(36)43-44(32-16-10-9-11-17-32)49-52(45(43)47(5,6)7)35-24-25-39-38-20-12-13-23-40(38)51(41(39)29-35)34-19-14-18-33(28-34)46-48-26-27-50(46)8/h9-31H,1-8H3. The lowest BCUT2D eigenvalue weighted by molar-refractivity contribution is 0.545. The molecular weight excluding hydrogens is 635 g/mol. The van der Waals surface area contributed by atoms with E-state index in [1.54, 1.807) is 0 Å². The van der Waals surface area contributed by atoms with Crippen LogP contribution in [0.25, 0.3) is 67.0 Å². The van der Waals surface area contributed by atoms with E-state index in [0.29, 0.717) is 11.8 Å². The van der Waals surface area contributed by atoms with Gasteiger partial charge in [0.2, 0.25) is 0 Å². The lowest BCUT2D eigenvalue weighted by atomic mass is 9.79. The minimum Gasteiger partial charge on any atom is -0.334 e. The number of hydrogen-bond acceptors (Lipinski definition) is 2. The normalized spacial score (nSPS) is 12.2. The Morgan fingerprint density at radius 2 is 1.25 bits per heavy atom. The van der Waals surface area contributed by atoms with Gasteiger partial charge in [-0.05, 0) is 58.9 Å². The molecule has 0 aliphatic heterocycles. The van der Waals surface area contributed by atoms with Gasteiger partial charge >= 0.3 is 0 Å². The van der Waals surface area contributed by atoms with Crippen molar-refractivity contribution in [2.45, 2.75) is 65.7 Å². The van der Waals surface area contributed by atoms with Crippen molar-refractivity contribution >= 4 is 21.8 Å². The van der Waals surface area contributed by atoms with Crippen LogP contribution in [0.5, 0.6) is 0 Å². The first-order chi connectivity index (χ1) is 25.0. The van der Waals surface area contributed by atoms with Gasteiger partial charge in [-0.1, -0.05) is 133 Å². The number of fused-ring (bicyclic) bond motifs is 3. The Balaban J connectivity index is 1.45. The van der Waals surface area contributed by atoms with E-state index in [4.69, 9.17) is 5.10 Å². The lowest BCUT2D eigenvalue weighted by Gasteiger charge is -2.26. The van der Waals surface area contributed by atoms with Gasteiger partial charge in [0.25, 0.3) is 0 Å². The van der Waals surface area contributed by atoms with Gasteiger partial charge in [0, 0.05) is 58.0 Å². The van der Waals surface area contributed by atoms with Gasteiger partial charge < -0.3 is 9.13 Å². The number of aryl methyl sites for hydroxylation is 1. The molecule has 0 amide bonds. The third-order valence-electron chi connectivity index (χ3n) is 10.4. The molecule has 0 aliphatic carbocycles. The zero-order valence-corrected chi connectivity index (χ0v) is 31.5. The Hall–Kier alpha value is -5.68. The third-order valence-corrected chi connectivity index (χ3v) is 10.4. The van der Waals surface area contributed by atoms with E-state index in [1.165, 1.54) is 44.2 Å². The van der Waals surface area contributed by atoms with Crippen LogP contribution in [0.1, 0.15) is 77.1 Å². The highest BCUT2D eigenvalue weighted by atomic mass is 15.3. The van der Waals surface area contributed by atoms with Crippen LogP contribution in [-0.2, 0) is 12.5 Å². The molecule has 0 N–H and O–H groups in total. The molecular formula is C47H47N5. The molecule has 3 heterocycles. The Labute approximate surface area is 307 Å². The van der Waals surface area contributed by atoms with Gasteiger partial charge in [-0.2, -0.15) is 5.10 Å². The second-order valence-corrected chi connectivity index (χ2v) is 15.7. The number of rotatable bonds is 7. The van der Waals surface area contributed by atoms with E-state index in [1.807, 2.05) is 19.4 Å². The maximum absolute atomic E-state index is 5.61. The Bertz CT molecular complexity index is 2540. The fraction of sp³-hybridized carbons (Fsp3) is 0.234. The second-order valence-electron chi connectivity index (χ2n) is 15.7. The van der Waals surface area contributed by atoms with Crippen LogP contribution in [0.3, 0.4) is 0 Å². The molecule has 5 aromatic carbocycles. The average Bonchev–Trinajstić information content (AvgIpc) is 3.85. The highest BCUT2D eigenvalue weighted by molar-refractivity contribution is 6.09. The fourth-order valence-electron chi connectivity index (χ4n) is 7.97. The van der Waals surface area contributed by atoms with E-state index >= 15 is 0 Å². The molecule has 260 valence electrons. The van der Waals surface area contributed by atoms with Crippen molar-refractivity contribution in [1.82, 2.24) is 23.9 Å². The van der Waals surface area contributed by atoms with E-state index in [-0.39, 0.29) is 5.41 Å². The summed E-state index contributed by atoms with van der Waals surface area (Å²) in [7, 11) is 2.04. The molecule has 0 unspecified atom stereocenters. The molecule has 3 aromatic heterocycles. The van der Waals surface area contributed by atoms with Crippen LogP contribution in [0.4, 0.5) is 0 Å². The minimum absolute atomic E-state index is 0.230. The number of para-hydroxylation sites is 1. The van der Waals surface area contributed by atoms with Crippen molar-refractivity contribution in [2.75, 3.05) is 0 Å². The summed E-state index contributed by atoms with van der Waals surface area (Å²) >= 11 is 0. The molecule has 0 radical (unpaired) electrons. The molecule has 0 bridgehead atoms. The van der Waals surface area contributed by atoms with Crippen LogP contribution in [0, 0.1) is 0 Å². The van der Waals surface area contributed by atoms with E-state index in [0.717, 1.165) is 39.5 Å². The Morgan fingerprint density at radius 1 is 0.596 bits per heavy atom. The third kappa shape index (κ3) is 5.56. The van der Waals surface area contributed by atoms with Crippen molar-refractivity contribution in [3.05, 3.63) is 144 Å². The van der Waals surface area contributed by atoms with Crippen molar-refractivity contribution < 1.29 is 0 Å². The molecule has 0 spiro atoms. The Morgan fingerprint density at radius 3 is 1.92 bits per heavy atom. The first-order valence-corrected chi connectivity index (χ1v) is 18.5. The monoisotopic (exact) mass is 681 g/mol. The maximum Gasteiger partial charge on any atom is 0.139 e. The van der Waals surface area contributed by atoms with E-state index in [2.05, 4.69) is 183 Å². The maximum atomic E-state index is 5.61. The molecule has 0 fully saturated rings. The van der Waals surface area contributed by atoms with Crippen LogP contribution in [0.15, 0.2) is 128 Å². The molecule has 52 heavy (non-hydrogen) atoms. The van der Waals surface area contributed by atoms with E-state index in [9.17, 15) is 0 Å². The van der Waals surface area contributed by atoms with Gasteiger partial charge in [0.15, 0.2) is 0 Å². The van der Waals surface area contributed by atoms with Crippen LogP contribution in [-0.4, -0.2) is 23.9 Å². The van der Waals surface area contributed by atoms with Gasteiger partial charge in [-0.25, -0.2) is 9.67 Å². The quantitative estimate of drug-likeness (QED) is 0.168. The highest BCUT2D eigenvalue weighted by Gasteiger charge is 2.33. The second kappa shape index (κ2) is 12.8. The van der Waals surface area contributed by atoms with Crippen molar-refractivity contribution in [3.63, 3.8) is 0 Å². The predicted molar refractivity (Wildman–Crippen MR) is 218 cm³/mol. The summed E-state index contributed by atoms with van der Waals surface area (Å²) in [4.78, 5) is 4.66.